The van der Waals surface area contributed by atoms with Gasteiger partial charge in [-0.3, -0.25) is 14.4 Å². The fourth-order valence-electron chi connectivity index (χ4n) is 4.14. The molecule has 1 aliphatic rings. The Morgan fingerprint density at radius 2 is 1.78 bits per heavy atom. The van der Waals surface area contributed by atoms with Crippen molar-refractivity contribution in [2.45, 2.75) is 39.2 Å². The number of nitrogens with one attached hydrogen (secondary N) is 1. The molecule has 1 N–H and O–H groups in total. The number of halogens is 1. The first-order valence-electron chi connectivity index (χ1n) is 10.8. The third-order valence-electron chi connectivity index (χ3n) is 5.74. The zero-order valence-electron chi connectivity index (χ0n) is 18.7. The van der Waals surface area contributed by atoms with E-state index in [1.54, 1.807) is 29.2 Å². The molecular weight excluding hydrogens is 428 g/mol. The Morgan fingerprint density at radius 3 is 2.41 bits per heavy atom. The van der Waals surface area contributed by atoms with E-state index < -0.39 is 12.0 Å². The van der Waals surface area contributed by atoms with Crippen LogP contribution in [0.2, 0.25) is 5.02 Å². The van der Waals surface area contributed by atoms with E-state index in [1.165, 1.54) is 7.11 Å². The summed E-state index contributed by atoms with van der Waals surface area (Å²) in [6, 6.07) is 12.3. The topological polar surface area (TPSA) is 75.7 Å². The number of aryl methyl sites for hydroxylation is 2. The standard InChI is InChI=1S/C25H29ClN2O4/c1-16-11-17(2)13-20(12-16)25(31)28-10-4-5-19(15-28)24(30)27-22(14-23(29)32-3)18-6-8-21(26)9-7-18/h6-9,11-13,19,22H,4-5,10,14-15H2,1-3H3,(H,27,30). The van der Waals surface area contributed by atoms with Gasteiger partial charge >= 0.3 is 5.97 Å². The number of ether oxygens (including phenoxy) is 1. The third-order valence-corrected chi connectivity index (χ3v) is 5.99. The number of amides is 2. The zero-order valence-corrected chi connectivity index (χ0v) is 19.4. The molecule has 0 bridgehead atoms. The molecule has 1 saturated heterocycles. The smallest absolute Gasteiger partial charge is 0.307 e. The second-order valence-corrected chi connectivity index (χ2v) is 8.80. The number of piperidine rings is 1. The fourth-order valence-corrected chi connectivity index (χ4v) is 4.27. The van der Waals surface area contributed by atoms with Crippen molar-refractivity contribution in [2.24, 2.45) is 5.92 Å². The summed E-state index contributed by atoms with van der Waals surface area (Å²) in [6.07, 6.45) is 1.45. The number of methoxy groups -OCH3 is 1. The highest BCUT2D eigenvalue weighted by molar-refractivity contribution is 6.30. The van der Waals surface area contributed by atoms with Gasteiger partial charge < -0.3 is 15.0 Å². The summed E-state index contributed by atoms with van der Waals surface area (Å²) in [7, 11) is 1.32. The molecule has 2 aromatic carbocycles. The average Bonchev–Trinajstić information content (AvgIpc) is 2.78. The number of esters is 1. The normalized spacial score (nSPS) is 16.9. The molecule has 170 valence electrons. The predicted molar refractivity (Wildman–Crippen MR) is 124 cm³/mol. The Hall–Kier alpha value is -2.86. The van der Waals surface area contributed by atoms with E-state index in [0.29, 0.717) is 30.1 Å². The summed E-state index contributed by atoms with van der Waals surface area (Å²) in [4.78, 5) is 39.8. The summed E-state index contributed by atoms with van der Waals surface area (Å²) < 4.78 is 4.80. The summed E-state index contributed by atoms with van der Waals surface area (Å²) in [5.74, 6) is -0.989. The Bertz CT molecular complexity index is 970. The van der Waals surface area contributed by atoms with E-state index in [2.05, 4.69) is 5.32 Å². The van der Waals surface area contributed by atoms with Crippen LogP contribution in [0.25, 0.3) is 0 Å². The van der Waals surface area contributed by atoms with Crippen molar-refractivity contribution in [1.29, 1.82) is 0 Å². The fraction of sp³-hybridized carbons (Fsp3) is 0.400. The lowest BCUT2D eigenvalue weighted by Crippen LogP contribution is -2.46. The van der Waals surface area contributed by atoms with Gasteiger partial charge in [0, 0.05) is 23.7 Å². The molecule has 32 heavy (non-hydrogen) atoms. The number of carbonyl (C=O) groups is 3. The maximum atomic E-state index is 13.1. The first kappa shape index (κ1) is 23.8. The van der Waals surface area contributed by atoms with Crippen LogP contribution in [-0.2, 0) is 14.3 Å². The van der Waals surface area contributed by atoms with Crippen LogP contribution in [0.3, 0.4) is 0 Å². The largest absolute Gasteiger partial charge is 0.469 e. The van der Waals surface area contributed by atoms with Crippen LogP contribution in [-0.4, -0.2) is 42.9 Å². The van der Waals surface area contributed by atoms with Gasteiger partial charge in [0.1, 0.15) is 0 Å². The molecule has 2 aromatic rings. The van der Waals surface area contributed by atoms with Crippen molar-refractivity contribution in [2.75, 3.05) is 20.2 Å². The van der Waals surface area contributed by atoms with Crippen molar-refractivity contribution in [3.8, 4) is 0 Å². The molecule has 0 spiro atoms. The summed E-state index contributed by atoms with van der Waals surface area (Å²) in [5.41, 5.74) is 3.49. The molecule has 1 heterocycles. The Balaban J connectivity index is 1.71. The van der Waals surface area contributed by atoms with Crippen molar-refractivity contribution in [3.05, 3.63) is 69.7 Å². The van der Waals surface area contributed by atoms with E-state index in [1.807, 2.05) is 32.0 Å². The SMILES string of the molecule is COC(=O)CC(NC(=O)C1CCCN(C(=O)c2cc(C)cc(C)c2)C1)c1ccc(Cl)cc1. The monoisotopic (exact) mass is 456 g/mol. The van der Waals surface area contributed by atoms with Gasteiger partial charge in [-0.15, -0.1) is 0 Å². The van der Waals surface area contributed by atoms with Gasteiger partial charge in [0.15, 0.2) is 0 Å². The van der Waals surface area contributed by atoms with E-state index in [-0.39, 0.29) is 24.2 Å². The van der Waals surface area contributed by atoms with Crippen LogP contribution < -0.4 is 5.32 Å². The molecule has 2 atom stereocenters. The predicted octanol–water partition coefficient (Wildman–Crippen LogP) is 4.23. The third kappa shape index (κ3) is 6.10. The van der Waals surface area contributed by atoms with Crippen LogP contribution in [0, 0.1) is 19.8 Å². The lowest BCUT2D eigenvalue weighted by atomic mass is 9.94. The molecule has 1 fully saturated rings. The minimum absolute atomic E-state index is 0.0157. The van der Waals surface area contributed by atoms with Crippen molar-refractivity contribution in [1.82, 2.24) is 10.2 Å². The Morgan fingerprint density at radius 1 is 1.12 bits per heavy atom. The van der Waals surface area contributed by atoms with E-state index in [4.69, 9.17) is 16.3 Å². The second kappa shape index (κ2) is 10.6. The van der Waals surface area contributed by atoms with Gasteiger partial charge in [-0.25, -0.2) is 0 Å². The number of rotatable bonds is 6. The molecule has 0 aliphatic carbocycles. The van der Waals surface area contributed by atoms with Crippen LogP contribution in [0.15, 0.2) is 42.5 Å². The maximum Gasteiger partial charge on any atom is 0.307 e. The number of likely N-dealkylation sites (tertiary alicyclic amines) is 1. The summed E-state index contributed by atoms with van der Waals surface area (Å²) in [5, 5.41) is 3.56. The molecule has 1 aliphatic heterocycles. The number of carbonyl (C=O) groups excluding carboxylic acids is 3. The molecular formula is C25H29ClN2O4. The maximum absolute atomic E-state index is 13.1. The molecule has 7 heteroatoms. The Kier molecular flexibility index (Phi) is 7.91. The van der Waals surface area contributed by atoms with Crippen molar-refractivity contribution >= 4 is 29.4 Å². The second-order valence-electron chi connectivity index (χ2n) is 8.36. The molecule has 0 aromatic heterocycles. The molecule has 2 amide bonds. The molecule has 0 radical (unpaired) electrons. The van der Waals surface area contributed by atoms with Gasteiger partial charge in [-0.1, -0.05) is 40.9 Å². The van der Waals surface area contributed by atoms with Crippen LogP contribution in [0.1, 0.15) is 52.4 Å². The first-order valence-corrected chi connectivity index (χ1v) is 11.1. The van der Waals surface area contributed by atoms with E-state index >= 15 is 0 Å². The van der Waals surface area contributed by atoms with Crippen molar-refractivity contribution in [3.63, 3.8) is 0 Å². The summed E-state index contributed by atoms with van der Waals surface area (Å²) in [6.45, 7) is 4.91. The van der Waals surface area contributed by atoms with Crippen LogP contribution >= 0.6 is 11.6 Å². The van der Waals surface area contributed by atoms with Crippen LogP contribution in [0.5, 0.6) is 0 Å². The lowest BCUT2D eigenvalue weighted by Gasteiger charge is -2.33. The number of hydrogen-bond donors (Lipinski definition) is 1. The van der Waals surface area contributed by atoms with Crippen LogP contribution in [0.4, 0.5) is 0 Å². The van der Waals surface area contributed by atoms with Gasteiger partial charge in [0.25, 0.3) is 5.91 Å². The van der Waals surface area contributed by atoms with Gasteiger partial charge in [0.05, 0.1) is 25.5 Å². The highest BCUT2D eigenvalue weighted by Crippen LogP contribution is 2.24. The Labute approximate surface area is 193 Å². The first-order chi connectivity index (χ1) is 15.3. The average molecular weight is 457 g/mol. The quantitative estimate of drug-likeness (QED) is 0.660. The van der Waals surface area contributed by atoms with E-state index in [9.17, 15) is 14.4 Å². The molecule has 3 rings (SSSR count). The van der Waals surface area contributed by atoms with Gasteiger partial charge in [-0.2, -0.15) is 0 Å². The number of benzene rings is 2. The zero-order chi connectivity index (χ0) is 23.3. The number of hydrogen-bond acceptors (Lipinski definition) is 4. The highest BCUT2D eigenvalue weighted by Gasteiger charge is 2.31. The molecule has 2 unspecified atom stereocenters. The van der Waals surface area contributed by atoms with Gasteiger partial charge in [-0.05, 0) is 56.5 Å². The van der Waals surface area contributed by atoms with Crippen molar-refractivity contribution < 1.29 is 19.1 Å². The lowest BCUT2D eigenvalue weighted by molar-refractivity contribution is -0.141. The minimum Gasteiger partial charge on any atom is -0.469 e. The minimum atomic E-state index is -0.530. The molecule has 0 saturated carbocycles. The van der Waals surface area contributed by atoms with E-state index in [0.717, 1.165) is 23.1 Å². The van der Waals surface area contributed by atoms with Gasteiger partial charge in [0.2, 0.25) is 5.91 Å². The highest BCUT2D eigenvalue weighted by atomic mass is 35.5. The number of nitrogens with zero attached hydrogens (tertiary/aromatic N) is 1. The summed E-state index contributed by atoms with van der Waals surface area (Å²) >= 11 is 5.98. The molecule has 6 nitrogen and oxygen atoms in total.